The van der Waals surface area contributed by atoms with Gasteiger partial charge in [0.1, 0.15) is 0 Å². The quantitative estimate of drug-likeness (QED) is 0.536. The summed E-state index contributed by atoms with van der Waals surface area (Å²) in [5, 5.41) is 0.367. The van der Waals surface area contributed by atoms with Crippen molar-refractivity contribution in [1.29, 1.82) is 0 Å². The van der Waals surface area contributed by atoms with Crippen LogP contribution in [-0.4, -0.2) is 18.0 Å². The van der Waals surface area contributed by atoms with Crippen LogP contribution in [0.5, 0.6) is 0 Å². The molecule has 1 aliphatic carbocycles. The number of rotatable bonds is 5. The minimum Gasteiger partial charge on any atom is -0.466 e. The number of ether oxygens (including phenoxy) is 1. The van der Waals surface area contributed by atoms with Crippen molar-refractivity contribution in [2.45, 2.75) is 57.2 Å². The average molecular weight is 233 g/mol. The largest absolute Gasteiger partial charge is 0.466 e. The van der Waals surface area contributed by atoms with E-state index >= 15 is 0 Å². The van der Waals surface area contributed by atoms with Gasteiger partial charge in [-0.15, -0.1) is 11.6 Å². The number of carbonyl (C=O) groups is 1. The van der Waals surface area contributed by atoms with Crippen molar-refractivity contribution in [2.24, 2.45) is 5.92 Å². The molecular formula is C12H21ClO2. The molecule has 0 aliphatic heterocycles. The van der Waals surface area contributed by atoms with Crippen molar-refractivity contribution in [3.63, 3.8) is 0 Å². The maximum atomic E-state index is 11.1. The molecule has 0 spiro atoms. The Bertz CT molecular complexity index is 194. The van der Waals surface area contributed by atoms with Crippen molar-refractivity contribution >= 4 is 17.6 Å². The maximum Gasteiger partial charge on any atom is 0.305 e. The second kappa shape index (κ2) is 7.10. The molecular weight excluding hydrogens is 212 g/mol. The Kier molecular flexibility index (Phi) is 6.07. The monoisotopic (exact) mass is 232 g/mol. The number of carbonyl (C=O) groups excluding carboxylic acids is 1. The summed E-state index contributed by atoms with van der Waals surface area (Å²) in [6, 6.07) is 0. The molecule has 0 heterocycles. The number of esters is 1. The minimum absolute atomic E-state index is 0.0595. The third-order valence-electron chi connectivity index (χ3n) is 3.02. The fourth-order valence-corrected chi connectivity index (χ4v) is 2.66. The van der Waals surface area contributed by atoms with Gasteiger partial charge < -0.3 is 4.74 Å². The van der Waals surface area contributed by atoms with Crippen molar-refractivity contribution in [2.75, 3.05) is 6.61 Å². The lowest BCUT2D eigenvalue weighted by Gasteiger charge is -2.25. The second-order valence-electron chi connectivity index (χ2n) is 4.33. The Balaban J connectivity index is 2.06. The molecule has 1 aliphatic rings. The predicted molar refractivity (Wildman–Crippen MR) is 62.1 cm³/mol. The summed E-state index contributed by atoms with van der Waals surface area (Å²) < 4.78 is 4.89. The highest BCUT2D eigenvalue weighted by Crippen LogP contribution is 2.30. The highest BCUT2D eigenvalue weighted by Gasteiger charge is 2.19. The van der Waals surface area contributed by atoms with Gasteiger partial charge in [0.15, 0.2) is 0 Å². The van der Waals surface area contributed by atoms with E-state index in [9.17, 15) is 4.79 Å². The first-order valence-corrected chi connectivity index (χ1v) is 6.45. The first kappa shape index (κ1) is 12.8. The molecule has 3 heteroatoms. The third kappa shape index (κ3) is 5.41. The van der Waals surface area contributed by atoms with Crippen LogP contribution in [0.1, 0.15) is 51.9 Å². The van der Waals surface area contributed by atoms with Crippen LogP contribution in [0.25, 0.3) is 0 Å². The van der Waals surface area contributed by atoms with Crippen molar-refractivity contribution < 1.29 is 9.53 Å². The Morgan fingerprint density at radius 1 is 1.47 bits per heavy atom. The van der Waals surface area contributed by atoms with Gasteiger partial charge in [0.05, 0.1) is 6.61 Å². The molecule has 0 N–H and O–H groups in total. The molecule has 0 aromatic heterocycles. The first-order chi connectivity index (χ1) is 7.22. The normalized spacial score (nSPS) is 26.3. The van der Waals surface area contributed by atoms with E-state index in [-0.39, 0.29) is 5.97 Å². The van der Waals surface area contributed by atoms with Gasteiger partial charge in [-0.2, -0.15) is 0 Å². The van der Waals surface area contributed by atoms with Crippen molar-refractivity contribution in [3.8, 4) is 0 Å². The zero-order chi connectivity index (χ0) is 11.1. The van der Waals surface area contributed by atoms with Crippen LogP contribution < -0.4 is 0 Å². The van der Waals surface area contributed by atoms with Gasteiger partial charge in [-0.3, -0.25) is 4.79 Å². The van der Waals surface area contributed by atoms with E-state index in [1.165, 1.54) is 12.8 Å². The molecule has 2 nitrogen and oxygen atoms in total. The van der Waals surface area contributed by atoms with E-state index in [1.54, 1.807) is 0 Å². The van der Waals surface area contributed by atoms with Gasteiger partial charge in [-0.25, -0.2) is 0 Å². The van der Waals surface area contributed by atoms with Crippen LogP contribution in [-0.2, 0) is 9.53 Å². The Labute approximate surface area is 97.3 Å². The van der Waals surface area contributed by atoms with E-state index < -0.39 is 0 Å². The van der Waals surface area contributed by atoms with Crippen LogP contribution >= 0.6 is 11.6 Å². The van der Waals surface area contributed by atoms with Crippen LogP contribution in [0.4, 0.5) is 0 Å². The average Bonchev–Trinajstić information content (AvgIpc) is 2.18. The van der Waals surface area contributed by atoms with E-state index in [0.717, 1.165) is 31.6 Å². The molecule has 1 rings (SSSR count). The lowest BCUT2D eigenvalue weighted by Crippen LogP contribution is -2.15. The highest BCUT2D eigenvalue weighted by atomic mass is 35.5. The fraction of sp³-hybridized carbons (Fsp3) is 0.917. The molecule has 0 amide bonds. The molecule has 1 fully saturated rings. The van der Waals surface area contributed by atoms with Gasteiger partial charge >= 0.3 is 5.97 Å². The highest BCUT2D eigenvalue weighted by molar-refractivity contribution is 6.20. The van der Waals surface area contributed by atoms with Gasteiger partial charge in [0, 0.05) is 11.8 Å². The summed E-state index contributed by atoms with van der Waals surface area (Å²) >= 11 is 6.11. The molecule has 0 bridgehead atoms. The van der Waals surface area contributed by atoms with Gasteiger partial charge in [-0.1, -0.05) is 12.8 Å². The minimum atomic E-state index is -0.0595. The van der Waals surface area contributed by atoms with E-state index in [4.69, 9.17) is 16.3 Å². The van der Waals surface area contributed by atoms with Crippen LogP contribution in [0, 0.1) is 5.92 Å². The fourth-order valence-electron chi connectivity index (χ4n) is 2.26. The van der Waals surface area contributed by atoms with Crippen LogP contribution in [0.3, 0.4) is 0 Å². The van der Waals surface area contributed by atoms with E-state index in [0.29, 0.717) is 18.4 Å². The SMILES string of the molecule is CCOC(=O)CCCC1CCCC(Cl)C1. The molecule has 1 saturated carbocycles. The molecule has 0 radical (unpaired) electrons. The molecule has 0 aromatic carbocycles. The lowest BCUT2D eigenvalue weighted by atomic mass is 9.85. The molecule has 2 atom stereocenters. The summed E-state index contributed by atoms with van der Waals surface area (Å²) in [4.78, 5) is 11.1. The maximum absolute atomic E-state index is 11.1. The summed E-state index contributed by atoms with van der Waals surface area (Å²) in [6.07, 6.45) is 7.47. The first-order valence-electron chi connectivity index (χ1n) is 6.02. The van der Waals surface area contributed by atoms with Crippen LogP contribution in [0.2, 0.25) is 0 Å². The number of halogens is 1. The summed E-state index contributed by atoms with van der Waals surface area (Å²) in [5.74, 6) is 0.673. The Morgan fingerprint density at radius 3 is 2.93 bits per heavy atom. The summed E-state index contributed by atoms with van der Waals surface area (Å²) in [5.41, 5.74) is 0. The van der Waals surface area contributed by atoms with Crippen molar-refractivity contribution in [1.82, 2.24) is 0 Å². The summed E-state index contributed by atoms with van der Waals surface area (Å²) in [6.45, 7) is 2.34. The third-order valence-corrected chi connectivity index (χ3v) is 3.41. The molecule has 88 valence electrons. The smallest absolute Gasteiger partial charge is 0.305 e. The zero-order valence-electron chi connectivity index (χ0n) is 9.51. The molecule has 2 unspecified atom stereocenters. The molecule has 0 aromatic rings. The molecule has 15 heavy (non-hydrogen) atoms. The number of alkyl halides is 1. The standard InChI is InChI=1S/C12H21ClO2/c1-2-15-12(14)8-4-6-10-5-3-7-11(13)9-10/h10-11H,2-9H2,1H3. The van der Waals surface area contributed by atoms with E-state index in [2.05, 4.69) is 0 Å². The van der Waals surface area contributed by atoms with Crippen molar-refractivity contribution in [3.05, 3.63) is 0 Å². The van der Waals surface area contributed by atoms with Crippen LogP contribution in [0.15, 0.2) is 0 Å². The van der Waals surface area contributed by atoms with Gasteiger partial charge in [-0.05, 0) is 38.5 Å². The summed E-state index contributed by atoms with van der Waals surface area (Å²) in [7, 11) is 0. The van der Waals surface area contributed by atoms with E-state index in [1.807, 2.05) is 6.92 Å². The number of hydrogen-bond donors (Lipinski definition) is 0. The Morgan fingerprint density at radius 2 is 2.27 bits per heavy atom. The lowest BCUT2D eigenvalue weighted by molar-refractivity contribution is -0.143. The predicted octanol–water partition coefficient (Wildman–Crippen LogP) is 3.52. The van der Waals surface area contributed by atoms with Gasteiger partial charge in [0.2, 0.25) is 0 Å². The zero-order valence-corrected chi connectivity index (χ0v) is 10.3. The second-order valence-corrected chi connectivity index (χ2v) is 4.94. The van der Waals surface area contributed by atoms with Gasteiger partial charge in [0.25, 0.3) is 0 Å². The Hall–Kier alpha value is -0.240. The molecule has 0 saturated heterocycles. The number of hydrogen-bond acceptors (Lipinski definition) is 2. The topological polar surface area (TPSA) is 26.3 Å².